The van der Waals surface area contributed by atoms with Crippen LogP contribution >= 0.6 is 0 Å². The molecule has 0 radical (unpaired) electrons. The van der Waals surface area contributed by atoms with Crippen LogP contribution in [0.3, 0.4) is 0 Å². The molecule has 3 amide bonds. The van der Waals surface area contributed by atoms with Gasteiger partial charge in [0.2, 0.25) is 5.91 Å². The monoisotopic (exact) mass is 465 g/mol. The molecule has 7 nitrogen and oxygen atoms in total. The van der Waals surface area contributed by atoms with Gasteiger partial charge in [-0.25, -0.2) is 0 Å². The normalized spacial score (nSPS) is 14.9. The van der Waals surface area contributed by atoms with Crippen molar-refractivity contribution < 1.29 is 19.1 Å². The Kier molecular flexibility index (Phi) is 8.68. The number of nitrogens with zero attached hydrogens (tertiary/aromatic N) is 2. The lowest BCUT2D eigenvalue weighted by atomic mass is 9.87. The predicted molar refractivity (Wildman–Crippen MR) is 132 cm³/mol. The van der Waals surface area contributed by atoms with Crippen molar-refractivity contribution in [2.45, 2.75) is 39.7 Å². The van der Waals surface area contributed by atoms with Crippen LogP contribution in [0.15, 0.2) is 48.5 Å². The molecule has 0 saturated carbocycles. The van der Waals surface area contributed by atoms with Crippen molar-refractivity contribution in [3.8, 4) is 5.75 Å². The van der Waals surface area contributed by atoms with Gasteiger partial charge in [-0.3, -0.25) is 14.4 Å². The third kappa shape index (κ3) is 5.95. The summed E-state index contributed by atoms with van der Waals surface area (Å²) in [6.45, 7) is 8.11. The van der Waals surface area contributed by atoms with E-state index in [0.717, 1.165) is 5.56 Å². The van der Waals surface area contributed by atoms with Gasteiger partial charge in [-0.15, -0.1) is 0 Å². The standard InChI is InChI=1S/C27H35N3O4/c1-5-29(6-2)27(33)24(28-25(31)22-8-7-9-23(18-22)34-4)20-14-16-30(17-15-20)26(32)21-12-10-19(3)11-13-21/h7-13,18,20,24H,5-6,14-17H2,1-4H3,(H,28,31)/t24-/m1/s1. The molecule has 2 aromatic rings. The smallest absolute Gasteiger partial charge is 0.253 e. The minimum absolute atomic E-state index is 0.00508. The second kappa shape index (κ2) is 11.7. The van der Waals surface area contributed by atoms with Gasteiger partial charge in [-0.05, 0) is 69.9 Å². The lowest BCUT2D eigenvalue weighted by Gasteiger charge is -2.37. The quantitative estimate of drug-likeness (QED) is 0.647. The molecule has 2 aromatic carbocycles. The summed E-state index contributed by atoms with van der Waals surface area (Å²) >= 11 is 0. The number of rotatable bonds is 8. The van der Waals surface area contributed by atoms with Crippen LogP contribution in [0.1, 0.15) is 53.0 Å². The molecule has 0 aromatic heterocycles. The minimum atomic E-state index is -0.643. The van der Waals surface area contributed by atoms with Gasteiger partial charge in [0, 0.05) is 37.3 Å². The summed E-state index contributed by atoms with van der Waals surface area (Å²) in [6.07, 6.45) is 1.29. The lowest BCUT2D eigenvalue weighted by Crippen LogP contribution is -2.54. The van der Waals surface area contributed by atoms with Crippen LogP contribution in [-0.4, -0.2) is 66.9 Å². The highest BCUT2D eigenvalue weighted by molar-refractivity contribution is 5.98. The Morgan fingerprint density at radius 3 is 2.26 bits per heavy atom. The van der Waals surface area contributed by atoms with Crippen molar-refractivity contribution in [3.63, 3.8) is 0 Å². The number of hydrogen-bond donors (Lipinski definition) is 1. The van der Waals surface area contributed by atoms with Crippen LogP contribution in [-0.2, 0) is 4.79 Å². The summed E-state index contributed by atoms with van der Waals surface area (Å²) in [7, 11) is 1.55. The maximum absolute atomic E-state index is 13.4. The molecule has 1 heterocycles. The summed E-state index contributed by atoms with van der Waals surface area (Å²) in [4.78, 5) is 42.9. The number of carbonyl (C=O) groups excluding carboxylic acids is 3. The first-order valence-corrected chi connectivity index (χ1v) is 12.0. The molecule has 1 atom stereocenters. The molecule has 182 valence electrons. The van der Waals surface area contributed by atoms with Gasteiger partial charge in [-0.2, -0.15) is 0 Å². The molecular weight excluding hydrogens is 430 g/mol. The van der Waals surface area contributed by atoms with Gasteiger partial charge >= 0.3 is 0 Å². The number of methoxy groups -OCH3 is 1. The van der Waals surface area contributed by atoms with Gasteiger partial charge in [0.1, 0.15) is 11.8 Å². The summed E-state index contributed by atoms with van der Waals surface area (Å²) in [6, 6.07) is 13.8. The topological polar surface area (TPSA) is 79.0 Å². The first-order valence-electron chi connectivity index (χ1n) is 12.0. The Bertz CT molecular complexity index is 993. The zero-order valence-corrected chi connectivity index (χ0v) is 20.5. The number of ether oxygens (including phenoxy) is 1. The molecule has 3 rings (SSSR count). The fourth-order valence-electron chi connectivity index (χ4n) is 4.42. The van der Waals surface area contributed by atoms with Gasteiger partial charge in [0.15, 0.2) is 0 Å². The molecule has 1 aliphatic rings. The highest BCUT2D eigenvalue weighted by Gasteiger charge is 2.35. The number of nitrogens with one attached hydrogen (secondary N) is 1. The van der Waals surface area contributed by atoms with Crippen molar-refractivity contribution in [1.82, 2.24) is 15.1 Å². The predicted octanol–water partition coefficient (Wildman–Crippen LogP) is 3.52. The zero-order valence-electron chi connectivity index (χ0n) is 20.5. The molecule has 0 aliphatic carbocycles. The number of carbonyl (C=O) groups is 3. The van der Waals surface area contributed by atoms with E-state index in [1.165, 1.54) is 0 Å². The first-order chi connectivity index (χ1) is 16.4. The molecule has 7 heteroatoms. The van der Waals surface area contributed by atoms with Crippen LogP contribution in [0, 0.1) is 12.8 Å². The number of piperidine rings is 1. The SMILES string of the molecule is CCN(CC)C(=O)[C@H](NC(=O)c1cccc(OC)c1)C1CCN(C(=O)c2ccc(C)cc2)CC1. The van der Waals surface area contributed by atoms with Crippen molar-refractivity contribution in [2.24, 2.45) is 5.92 Å². The molecule has 1 N–H and O–H groups in total. The van der Waals surface area contributed by atoms with Crippen LogP contribution in [0.4, 0.5) is 0 Å². The van der Waals surface area contributed by atoms with Crippen LogP contribution in [0.25, 0.3) is 0 Å². The number of likely N-dealkylation sites (N-methyl/N-ethyl adjacent to an activating group) is 1. The Balaban J connectivity index is 1.73. The molecule has 0 spiro atoms. The van der Waals surface area contributed by atoms with Gasteiger partial charge in [0.05, 0.1) is 7.11 Å². The van der Waals surface area contributed by atoms with E-state index in [4.69, 9.17) is 4.74 Å². The number of likely N-dealkylation sites (tertiary alicyclic amines) is 1. The summed E-state index contributed by atoms with van der Waals surface area (Å²) < 4.78 is 5.23. The summed E-state index contributed by atoms with van der Waals surface area (Å²) in [5, 5.41) is 3.00. The van der Waals surface area contributed by atoms with Gasteiger partial charge in [0.25, 0.3) is 11.8 Å². The summed E-state index contributed by atoms with van der Waals surface area (Å²) in [5.74, 6) is 0.157. The molecule has 0 unspecified atom stereocenters. The Hall–Kier alpha value is -3.35. The fraction of sp³-hybridized carbons (Fsp3) is 0.444. The maximum Gasteiger partial charge on any atom is 0.253 e. The van der Waals surface area contributed by atoms with E-state index >= 15 is 0 Å². The number of amides is 3. The highest BCUT2D eigenvalue weighted by atomic mass is 16.5. The van der Waals surface area contributed by atoms with Crippen LogP contribution in [0.5, 0.6) is 5.75 Å². The average molecular weight is 466 g/mol. The fourth-order valence-corrected chi connectivity index (χ4v) is 4.42. The molecule has 1 fully saturated rings. The van der Waals surface area contributed by atoms with Crippen molar-refractivity contribution in [3.05, 3.63) is 65.2 Å². The third-order valence-corrected chi connectivity index (χ3v) is 6.56. The van der Waals surface area contributed by atoms with Crippen molar-refractivity contribution in [1.29, 1.82) is 0 Å². The van der Waals surface area contributed by atoms with E-state index in [1.54, 1.807) is 36.3 Å². The number of hydrogen-bond acceptors (Lipinski definition) is 4. The van der Waals surface area contributed by atoms with E-state index < -0.39 is 6.04 Å². The second-order valence-electron chi connectivity index (χ2n) is 8.69. The summed E-state index contributed by atoms with van der Waals surface area (Å²) in [5.41, 5.74) is 2.23. The first kappa shape index (κ1) is 25.3. The lowest BCUT2D eigenvalue weighted by molar-refractivity contribution is -0.134. The average Bonchev–Trinajstić information content (AvgIpc) is 2.88. The van der Waals surface area contributed by atoms with Gasteiger partial charge in [-0.1, -0.05) is 23.8 Å². The van der Waals surface area contributed by atoms with Crippen LogP contribution in [0.2, 0.25) is 0 Å². The number of benzene rings is 2. The Morgan fingerprint density at radius 1 is 1.03 bits per heavy atom. The van der Waals surface area contributed by atoms with E-state index in [2.05, 4.69) is 5.32 Å². The number of aryl methyl sites for hydroxylation is 1. The Morgan fingerprint density at radius 2 is 1.68 bits per heavy atom. The maximum atomic E-state index is 13.4. The second-order valence-corrected chi connectivity index (χ2v) is 8.69. The zero-order chi connectivity index (χ0) is 24.7. The largest absolute Gasteiger partial charge is 0.497 e. The van der Waals surface area contributed by atoms with Gasteiger partial charge < -0.3 is 19.9 Å². The molecule has 1 saturated heterocycles. The van der Waals surface area contributed by atoms with E-state index in [0.29, 0.717) is 55.9 Å². The van der Waals surface area contributed by atoms with E-state index in [-0.39, 0.29) is 23.6 Å². The van der Waals surface area contributed by atoms with Crippen molar-refractivity contribution >= 4 is 17.7 Å². The minimum Gasteiger partial charge on any atom is -0.497 e. The molecular formula is C27H35N3O4. The van der Waals surface area contributed by atoms with E-state index in [9.17, 15) is 14.4 Å². The molecule has 0 bridgehead atoms. The van der Waals surface area contributed by atoms with Crippen molar-refractivity contribution in [2.75, 3.05) is 33.3 Å². The highest BCUT2D eigenvalue weighted by Crippen LogP contribution is 2.24. The Labute approximate surface area is 202 Å². The van der Waals surface area contributed by atoms with E-state index in [1.807, 2.05) is 49.9 Å². The third-order valence-electron chi connectivity index (χ3n) is 6.56. The molecule has 34 heavy (non-hydrogen) atoms. The van der Waals surface area contributed by atoms with Crippen LogP contribution < -0.4 is 10.1 Å². The molecule has 1 aliphatic heterocycles.